The molecule has 1 saturated carbocycles. The van der Waals surface area contributed by atoms with Crippen molar-refractivity contribution < 1.29 is 0 Å². The Morgan fingerprint density at radius 1 is 1.50 bits per heavy atom. The molecule has 0 amide bonds. The predicted octanol–water partition coefficient (Wildman–Crippen LogP) is 2.86. The van der Waals surface area contributed by atoms with Gasteiger partial charge in [-0.3, -0.25) is 4.68 Å². The minimum atomic E-state index is 0.613. The number of hydrogen-bond donors (Lipinski definition) is 1. The van der Waals surface area contributed by atoms with Gasteiger partial charge in [0.25, 0.3) is 0 Å². The maximum absolute atomic E-state index is 4.37. The zero-order chi connectivity index (χ0) is 13.0. The molecule has 1 N–H and O–H groups in total. The lowest BCUT2D eigenvalue weighted by molar-refractivity contribution is 0.227. The van der Waals surface area contributed by atoms with Crippen molar-refractivity contribution in [3.8, 4) is 0 Å². The fourth-order valence-electron chi connectivity index (χ4n) is 3.29. The fourth-order valence-corrected chi connectivity index (χ4v) is 3.29. The third-order valence-corrected chi connectivity index (χ3v) is 4.38. The van der Waals surface area contributed by atoms with Gasteiger partial charge in [-0.1, -0.05) is 19.8 Å². The van der Waals surface area contributed by atoms with Crippen molar-refractivity contribution in [1.29, 1.82) is 0 Å². The van der Waals surface area contributed by atoms with Crippen molar-refractivity contribution in [3.63, 3.8) is 0 Å². The van der Waals surface area contributed by atoms with E-state index in [0.29, 0.717) is 6.04 Å². The van der Waals surface area contributed by atoms with E-state index in [1.807, 2.05) is 10.9 Å². The summed E-state index contributed by atoms with van der Waals surface area (Å²) in [6.07, 6.45) is 10.9. The lowest BCUT2D eigenvalue weighted by atomic mass is 9.77. The van der Waals surface area contributed by atoms with E-state index in [-0.39, 0.29) is 0 Å². The molecule has 102 valence electrons. The molecule has 0 aliphatic heterocycles. The molecule has 1 aliphatic carbocycles. The standard InChI is InChI=1S/C15H27N3/c1-4-18-11-13(10-17-18)9-15(16-3)14-7-5-6-12(2)8-14/h10-12,14-16H,4-9H2,1-3H3. The maximum Gasteiger partial charge on any atom is 0.0522 e. The normalized spacial score (nSPS) is 26.2. The number of hydrogen-bond acceptors (Lipinski definition) is 2. The lowest BCUT2D eigenvalue weighted by Crippen LogP contribution is -2.37. The molecule has 0 radical (unpaired) electrons. The summed E-state index contributed by atoms with van der Waals surface area (Å²) in [4.78, 5) is 0. The summed E-state index contributed by atoms with van der Waals surface area (Å²) in [7, 11) is 2.11. The number of aryl methyl sites for hydroxylation is 1. The van der Waals surface area contributed by atoms with Crippen LogP contribution in [0.3, 0.4) is 0 Å². The third kappa shape index (κ3) is 3.35. The summed E-state index contributed by atoms with van der Waals surface area (Å²) in [6, 6.07) is 0.613. The minimum absolute atomic E-state index is 0.613. The van der Waals surface area contributed by atoms with Crippen LogP contribution in [0.2, 0.25) is 0 Å². The Morgan fingerprint density at radius 2 is 2.33 bits per heavy atom. The smallest absolute Gasteiger partial charge is 0.0522 e. The molecular formula is C15H27N3. The van der Waals surface area contributed by atoms with Gasteiger partial charge in [-0.25, -0.2) is 0 Å². The van der Waals surface area contributed by atoms with Gasteiger partial charge in [0.15, 0.2) is 0 Å². The molecule has 3 atom stereocenters. The van der Waals surface area contributed by atoms with Gasteiger partial charge in [0, 0.05) is 18.8 Å². The maximum atomic E-state index is 4.37. The van der Waals surface area contributed by atoms with E-state index in [1.54, 1.807) is 0 Å². The van der Waals surface area contributed by atoms with Crippen LogP contribution in [0.5, 0.6) is 0 Å². The number of rotatable bonds is 5. The van der Waals surface area contributed by atoms with E-state index >= 15 is 0 Å². The second kappa shape index (κ2) is 6.37. The highest BCUT2D eigenvalue weighted by Crippen LogP contribution is 2.31. The summed E-state index contributed by atoms with van der Waals surface area (Å²) >= 11 is 0. The third-order valence-electron chi connectivity index (χ3n) is 4.38. The summed E-state index contributed by atoms with van der Waals surface area (Å²) in [5, 5.41) is 7.90. The van der Waals surface area contributed by atoms with Crippen LogP contribution >= 0.6 is 0 Å². The van der Waals surface area contributed by atoms with Crippen molar-refractivity contribution in [1.82, 2.24) is 15.1 Å². The van der Waals surface area contributed by atoms with Crippen molar-refractivity contribution in [2.45, 2.75) is 58.5 Å². The molecular weight excluding hydrogens is 222 g/mol. The van der Waals surface area contributed by atoms with Gasteiger partial charge in [-0.15, -0.1) is 0 Å². The molecule has 2 rings (SSSR count). The van der Waals surface area contributed by atoms with Crippen LogP contribution in [-0.2, 0) is 13.0 Å². The number of nitrogens with one attached hydrogen (secondary N) is 1. The average molecular weight is 249 g/mol. The highest BCUT2D eigenvalue weighted by Gasteiger charge is 2.26. The first kappa shape index (κ1) is 13.6. The van der Waals surface area contributed by atoms with Gasteiger partial charge < -0.3 is 5.32 Å². The van der Waals surface area contributed by atoms with Crippen LogP contribution in [0.25, 0.3) is 0 Å². The molecule has 1 fully saturated rings. The van der Waals surface area contributed by atoms with E-state index in [9.17, 15) is 0 Å². The van der Waals surface area contributed by atoms with Crippen LogP contribution in [0.15, 0.2) is 12.4 Å². The molecule has 0 bridgehead atoms. The Kier molecular flexibility index (Phi) is 4.81. The van der Waals surface area contributed by atoms with E-state index in [4.69, 9.17) is 0 Å². The quantitative estimate of drug-likeness (QED) is 0.869. The topological polar surface area (TPSA) is 29.9 Å². The van der Waals surface area contributed by atoms with Gasteiger partial charge in [-0.2, -0.15) is 5.10 Å². The highest BCUT2D eigenvalue weighted by atomic mass is 15.3. The Labute approximate surface area is 111 Å². The van der Waals surface area contributed by atoms with E-state index in [1.165, 1.54) is 31.2 Å². The fraction of sp³-hybridized carbons (Fsp3) is 0.800. The Hall–Kier alpha value is -0.830. The molecule has 3 unspecified atom stereocenters. The van der Waals surface area contributed by atoms with Crippen molar-refractivity contribution >= 4 is 0 Å². The molecule has 3 nitrogen and oxygen atoms in total. The lowest BCUT2D eigenvalue weighted by Gasteiger charge is -2.33. The van der Waals surface area contributed by atoms with E-state index < -0.39 is 0 Å². The summed E-state index contributed by atoms with van der Waals surface area (Å²) in [6.45, 7) is 5.49. The highest BCUT2D eigenvalue weighted by molar-refractivity contribution is 5.07. The van der Waals surface area contributed by atoms with Crippen LogP contribution < -0.4 is 5.32 Å². The van der Waals surface area contributed by atoms with Crippen molar-refractivity contribution in [2.75, 3.05) is 7.05 Å². The molecule has 1 aromatic heterocycles. The summed E-state index contributed by atoms with van der Waals surface area (Å²) < 4.78 is 2.02. The zero-order valence-electron chi connectivity index (χ0n) is 12.0. The Bertz CT molecular complexity index is 358. The molecule has 1 aliphatic rings. The first-order valence-electron chi connectivity index (χ1n) is 7.41. The van der Waals surface area contributed by atoms with Crippen LogP contribution in [-0.4, -0.2) is 22.9 Å². The van der Waals surface area contributed by atoms with Crippen LogP contribution in [0, 0.1) is 11.8 Å². The molecule has 0 aromatic carbocycles. The summed E-state index contributed by atoms with van der Waals surface area (Å²) in [5.74, 6) is 1.74. The first-order valence-corrected chi connectivity index (χ1v) is 7.41. The van der Waals surface area contributed by atoms with Gasteiger partial charge >= 0.3 is 0 Å². The second-order valence-electron chi connectivity index (χ2n) is 5.84. The second-order valence-corrected chi connectivity index (χ2v) is 5.84. The first-order chi connectivity index (χ1) is 8.72. The zero-order valence-corrected chi connectivity index (χ0v) is 12.0. The Balaban J connectivity index is 1.95. The van der Waals surface area contributed by atoms with Crippen molar-refractivity contribution in [3.05, 3.63) is 18.0 Å². The monoisotopic (exact) mass is 249 g/mol. The largest absolute Gasteiger partial charge is 0.316 e. The summed E-state index contributed by atoms with van der Waals surface area (Å²) in [5.41, 5.74) is 1.37. The van der Waals surface area contributed by atoms with Crippen molar-refractivity contribution in [2.24, 2.45) is 11.8 Å². The minimum Gasteiger partial charge on any atom is -0.316 e. The van der Waals surface area contributed by atoms with Gasteiger partial charge in [0.1, 0.15) is 0 Å². The average Bonchev–Trinajstić information content (AvgIpc) is 2.83. The number of nitrogens with zero attached hydrogens (tertiary/aromatic N) is 2. The molecule has 1 aromatic rings. The Morgan fingerprint density at radius 3 is 2.94 bits per heavy atom. The van der Waals surface area contributed by atoms with Gasteiger partial charge in [-0.05, 0) is 50.6 Å². The SMILES string of the molecule is CCn1cc(CC(NC)C2CCCC(C)C2)cn1. The van der Waals surface area contributed by atoms with Gasteiger partial charge in [0.05, 0.1) is 6.20 Å². The van der Waals surface area contributed by atoms with E-state index in [2.05, 4.69) is 37.5 Å². The molecule has 1 heterocycles. The van der Waals surface area contributed by atoms with Crippen LogP contribution in [0.4, 0.5) is 0 Å². The van der Waals surface area contributed by atoms with Gasteiger partial charge in [0.2, 0.25) is 0 Å². The molecule has 0 saturated heterocycles. The predicted molar refractivity (Wildman–Crippen MR) is 75.6 cm³/mol. The van der Waals surface area contributed by atoms with Crippen LogP contribution in [0.1, 0.15) is 45.1 Å². The number of likely N-dealkylation sites (N-methyl/N-ethyl adjacent to an activating group) is 1. The molecule has 0 spiro atoms. The molecule has 18 heavy (non-hydrogen) atoms. The number of aromatic nitrogens is 2. The molecule has 3 heteroatoms. The van der Waals surface area contributed by atoms with E-state index in [0.717, 1.165) is 24.8 Å².